The van der Waals surface area contributed by atoms with Gasteiger partial charge in [0, 0.05) is 23.6 Å². The number of carbonyl (C=O) groups excluding carboxylic acids is 1. The minimum atomic E-state index is -0.399. The first-order valence-electron chi connectivity index (χ1n) is 8.98. The Labute approximate surface area is 170 Å². The van der Waals surface area contributed by atoms with E-state index in [1.54, 1.807) is 19.2 Å². The van der Waals surface area contributed by atoms with Crippen LogP contribution in [0.25, 0.3) is 21.0 Å². The fraction of sp³-hybridized carbons (Fsp3) is 0.190. The summed E-state index contributed by atoms with van der Waals surface area (Å²) in [5, 5.41) is 15.8. The number of ether oxygens (including phenoxy) is 2. The lowest BCUT2D eigenvalue weighted by molar-refractivity contribution is 0.0393. The highest BCUT2D eigenvalue weighted by Gasteiger charge is 2.20. The van der Waals surface area contributed by atoms with Gasteiger partial charge in [0.15, 0.2) is 0 Å². The van der Waals surface area contributed by atoms with Crippen molar-refractivity contribution < 1.29 is 19.4 Å². The lowest BCUT2D eigenvalue weighted by Crippen LogP contribution is -2.09. The maximum Gasteiger partial charge on any atom is 0.348 e. The second-order valence-electron chi connectivity index (χ2n) is 6.39. The van der Waals surface area contributed by atoms with Crippen molar-refractivity contribution in [2.75, 3.05) is 25.6 Å². The van der Waals surface area contributed by atoms with Crippen LogP contribution in [-0.2, 0) is 9.47 Å². The zero-order valence-electron chi connectivity index (χ0n) is 15.9. The van der Waals surface area contributed by atoms with Crippen LogP contribution in [0.4, 0.5) is 11.5 Å². The van der Waals surface area contributed by atoms with Crippen molar-refractivity contribution in [2.24, 2.45) is 0 Å². The number of hydrogen-bond donors (Lipinski definition) is 2. The molecule has 7 nitrogen and oxygen atoms in total. The number of nitrogens with one attached hydrogen (secondary N) is 1. The van der Waals surface area contributed by atoms with Crippen LogP contribution < -0.4 is 5.32 Å². The van der Waals surface area contributed by atoms with Gasteiger partial charge in [-0.25, -0.2) is 14.8 Å². The van der Waals surface area contributed by atoms with E-state index in [0.717, 1.165) is 27.4 Å². The molecule has 2 aromatic heterocycles. The number of fused-ring (bicyclic) bond motifs is 2. The van der Waals surface area contributed by atoms with E-state index in [0.29, 0.717) is 22.1 Å². The molecular weight excluding hydrogens is 390 g/mol. The molecule has 0 saturated heterocycles. The van der Waals surface area contributed by atoms with Gasteiger partial charge in [-0.3, -0.25) is 0 Å². The van der Waals surface area contributed by atoms with Crippen molar-refractivity contribution in [2.45, 2.75) is 6.92 Å². The van der Waals surface area contributed by atoms with Gasteiger partial charge in [-0.2, -0.15) is 0 Å². The zero-order chi connectivity index (χ0) is 20.4. The number of methoxy groups -OCH3 is 1. The second kappa shape index (κ2) is 8.02. The number of phenolic OH excluding ortho intramolecular Hbond substituents is 1. The van der Waals surface area contributed by atoms with E-state index >= 15 is 0 Å². The van der Waals surface area contributed by atoms with Gasteiger partial charge >= 0.3 is 5.97 Å². The lowest BCUT2D eigenvalue weighted by atomic mass is 10.1. The van der Waals surface area contributed by atoms with Crippen LogP contribution in [0, 0.1) is 6.92 Å². The van der Waals surface area contributed by atoms with Crippen molar-refractivity contribution in [1.29, 1.82) is 0 Å². The molecule has 4 rings (SSSR count). The van der Waals surface area contributed by atoms with Gasteiger partial charge in [-0.05, 0) is 24.6 Å². The van der Waals surface area contributed by atoms with Crippen LogP contribution in [0.15, 0.2) is 42.7 Å². The largest absolute Gasteiger partial charge is 0.507 e. The first-order valence-corrected chi connectivity index (χ1v) is 9.79. The molecule has 0 saturated carbocycles. The maximum atomic E-state index is 12.4. The van der Waals surface area contributed by atoms with Crippen molar-refractivity contribution in [3.63, 3.8) is 0 Å². The Morgan fingerprint density at radius 3 is 2.76 bits per heavy atom. The van der Waals surface area contributed by atoms with Gasteiger partial charge in [0.2, 0.25) is 0 Å². The average Bonchev–Trinajstić information content (AvgIpc) is 3.07. The highest BCUT2D eigenvalue weighted by atomic mass is 32.1. The number of nitrogens with zero attached hydrogens (tertiary/aromatic N) is 2. The van der Waals surface area contributed by atoms with Gasteiger partial charge in [0.1, 0.15) is 34.2 Å². The number of aromatic hydroxyl groups is 1. The third-order valence-electron chi connectivity index (χ3n) is 4.58. The highest BCUT2D eigenvalue weighted by Crippen LogP contribution is 2.37. The summed E-state index contributed by atoms with van der Waals surface area (Å²) in [6.45, 7) is 2.39. The number of hydrogen-bond acceptors (Lipinski definition) is 8. The Morgan fingerprint density at radius 1 is 1.14 bits per heavy atom. The van der Waals surface area contributed by atoms with Crippen LogP contribution in [0.3, 0.4) is 0 Å². The van der Waals surface area contributed by atoms with E-state index < -0.39 is 5.97 Å². The molecule has 0 spiro atoms. The number of thiophene rings is 1. The quantitative estimate of drug-likeness (QED) is 0.360. The van der Waals surface area contributed by atoms with E-state index in [4.69, 9.17) is 9.47 Å². The molecule has 0 radical (unpaired) electrons. The second-order valence-corrected chi connectivity index (χ2v) is 7.39. The third kappa shape index (κ3) is 3.59. The molecule has 0 atom stereocenters. The molecule has 0 fully saturated rings. The first kappa shape index (κ1) is 19.1. The maximum absolute atomic E-state index is 12.4. The van der Waals surface area contributed by atoms with E-state index in [2.05, 4.69) is 15.3 Å². The number of rotatable bonds is 6. The minimum absolute atomic E-state index is 0.194. The summed E-state index contributed by atoms with van der Waals surface area (Å²) in [5.74, 6) is 0.408. The van der Waals surface area contributed by atoms with Crippen LogP contribution in [0.2, 0.25) is 0 Å². The fourth-order valence-electron chi connectivity index (χ4n) is 3.17. The molecule has 0 aliphatic heterocycles. The number of anilines is 2. The predicted octanol–water partition coefficient (Wildman–Crippen LogP) is 4.41. The topological polar surface area (TPSA) is 93.6 Å². The molecule has 2 aromatic carbocycles. The molecular formula is C21H19N3O4S. The van der Waals surface area contributed by atoms with E-state index in [9.17, 15) is 9.90 Å². The van der Waals surface area contributed by atoms with E-state index in [1.165, 1.54) is 17.7 Å². The number of aromatic nitrogens is 2. The standard InChI is InChI=1S/C21H19N3O4S/c1-12-17-19(24-15-7-3-6-14-13(15)5-4-8-16(14)25)22-11-23-20(17)29-18(12)21(26)28-10-9-27-2/h3-8,11,25H,9-10H2,1-2H3,(H,22,23,24). The Hall–Kier alpha value is -3.23. The fourth-order valence-corrected chi connectivity index (χ4v) is 4.22. The molecule has 0 bridgehead atoms. The summed E-state index contributed by atoms with van der Waals surface area (Å²) >= 11 is 1.27. The molecule has 2 N–H and O–H groups in total. The number of carbonyl (C=O) groups is 1. The zero-order valence-corrected chi connectivity index (χ0v) is 16.7. The predicted molar refractivity (Wildman–Crippen MR) is 113 cm³/mol. The summed E-state index contributed by atoms with van der Waals surface area (Å²) in [7, 11) is 1.55. The van der Waals surface area contributed by atoms with Crippen LogP contribution >= 0.6 is 11.3 Å². The lowest BCUT2D eigenvalue weighted by Gasteiger charge is -2.11. The monoisotopic (exact) mass is 409 g/mol. The molecule has 0 unspecified atom stereocenters. The molecule has 8 heteroatoms. The Morgan fingerprint density at radius 2 is 1.93 bits per heavy atom. The summed E-state index contributed by atoms with van der Waals surface area (Å²) < 4.78 is 10.2. The van der Waals surface area contributed by atoms with Crippen LogP contribution in [-0.4, -0.2) is 41.4 Å². The minimum Gasteiger partial charge on any atom is -0.507 e. The molecule has 148 valence electrons. The van der Waals surface area contributed by atoms with Crippen molar-refractivity contribution in [3.8, 4) is 5.75 Å². The van der Waals surface area contributed by atoms with Gasteiger partial charge in [-0.1, -0.05) is 24.3 Å². The Kier molecular flexibility index (Phi) is 5.28. The SMILES string of the molecule is COCCOC(=O)c1sc2ncnc(Nc3cccc4c(O)cccc34)c2c1C. The number of phenols is 1. The molecule has 2 heterocycles. The molecule has 0 aliphatic rings. The van der Waals surface area contributed by atoms with Crippen LogP contribution in [0.5, 0.6) is 5.75 Å². The summed E-state index contributed by atoms with van der Waals surface area (Å²) in [4.78, 5) is 22.3. The average molecular weight is 409 g/mol. The summed E-state index contributed by atoms with van der Waals surface area (Å²) in [6, 6.07) is 11.0. The van der Waals surface area contributed by atoms with Crippen LogP contribution in [0.1, 0.15) is 15.2 Å². The van der Waals surface area contributed by atoms with Gasteiger partial charge in [0.05, 0.1) is 12.0 Å². The van der Waals surface area contributed by atoms with Crippen molar-refractivity contribution >= 4 is 49.8 Å². The van der Waals surface area contributed by atoms with Crippen molar-refractivity contribution in [3.05, 3.63) is 53.2 Å². The van der Waals surface area contributed by atoms with Gasteiger partial charge in [-0.15, -0.1) is 11.3 Å². The van der Waals surface area contributed by atoms with E-state index in [-0.39, 0.29) is 12.4 Å². The smallest absolute Gasteiger partial charge is 0.348 e. The van der Waals surface area contributed by atoms with Crippen molar-refractivity contribution in [1.82, 2.24) is 9.97 Å². The normalized spacial score (nSPS) is 11.1. The number of aryl methyl sites for hydroxylation is 1. The Bertz CT molecular complexity index is 1210. The highest BCUT2D eigenvalue weighted by molar-refractivity contribution is 7.20. The van der Waals surface area contributed by atoms with E-state index in [1.807, 2.05) is 31.2 Å². The summed E-state index contributed by atoms with van der Waals surface area (Å²) in [5.41, 5.74) is 1.56. The molecule has 29 heavy (non-hydrogen) atoms. The third-order valence-corrected chi connectivity index (χ3v) is 5.76. The molecule has 0 amide bonds. The summed E-state index contributed by atoms with van der Waals surface area (Å²) in [6.07, 6.45) is 1.46. The van der Waals surface area contributed by atoms with Gasteiger partial charge < -0.3 is 19.9 Å². The van der Waals surface area contributed by atoms with Gasteiger partial charge in [0.25, 0.3) is 0 Å². The number of esters is 1. The Balaban J connectivity index is 1.74. The molecule has 4 aromatic rings. The molecule has 0 aliphatic carbocycles. The number of benzene rings is 2. The first-order chi connectivity index (χ1) is 14.1.